The van der Waals surface area contributed by atoms with Gasteiger partial charge in [0.2, 0.25) is 0 Å². The zero-order chi connectivity index (χ0) is 10.8. The molecule has 0 saturated carbocycles. The topological polar surface area (TPSA) is 39.2 Å². The van der Waals surface area contributed by atoms with E-state index in [1.807, 2.05) is 0 Å². The summed E-state index contributed by atoms with van der Waals surface area (Å²) in [5.41, 5.74) is 5.52. The molecule has 0 aliphatic rings. The summed E-state index contributed by atoms with van der Waals surface area (Å²) in [7, 11) is 0. The Morgan fingerprint density at radius 1 is 1.40 bits per heavy atom. The summed E-state index contributed by atoms with van der Waals surface area (Å²) in [5.74, 6) is 1.06. The number of hydrogen-bond acceptors (Lipinski definition) is 2. The lowest BCUT2D eigenvalue weighted by Gasteiger charge is -2.10. The van der Waals surface area contributed by atoms with Crippen LogP contribution in [0.5, 0.6) is 0 Å². The molecule has 1 heterocycles. The molecule has 1 aromatic heterocycles. The van der Waals surface area contributed by atoms with Crippen LogP contribution in [0, 0.1) is 6.92 Å². The van der Waals surface area contributed by atoms with Gasteiger partial charge in [-0.25, -0.2) is 0 Å². The highest BCUT2D eigenvalue weighted by Crippen LogP contribution is 2.26. The third kappa shape index (κ3) is 5.09. The Balaban J connectivity index is 0.00000196. The van der Waals surface area contributed by atoms with Gasteiger partial charge in [-0.1, -0.05) is 0 Å². The van der Waals surface area contributed by atoms with E-state index in [1.165, 1.54) is 0 Å². The Morgan fingerprint density at radius 2 is 2.00 bits per heavy atom. The van der Waals surface area contributed by atoms with Crippen molar-refractivity contribution in [2.45, 2.75) is 32.0 Å². The van der Waals surface area contributed by atoms with Gasteiger partial charge in [0.1, 0.15) is 11.5 Å². The van der Waals surface area contributed by atoms with Crippen LogP contribution < -0.4 is 5.73 Å². The summed E-state index contributed by atoms with van der Waals surface area (Å²) in [6.45, 7) is 1.72. The first-order valence-corrected chi connectivity index (χ1v) is 4.27. The van der Waals surface area contributed by atoms with Crippen molar-refractivity contribution in [3.63, 3.8) is 0 Å². The minimum atomic E-state index is -4.15. The normalized spacial score (nSPS) is 13.4. The Morgan fingerprint density at radius 3 is 2.40 bits per heavy atom. The summed E-state index contributed by atoms with van der Waals surface area (Å²) >= 11 is 0. The van der Waals surface area contributed by atoms with Gasteiger partial charge in [0.15, 0.2) is 0 Å². The van der Waals surface area contributed by atoms with Crippen LogP contribution in [0.3, 0.4) is 0 Å². The quantitative estimate of drug-likeness (QED) is 0.884. The van der Waals surface area contributed by atoms with E-state index in [4.69, 9.17) is 10.2 Å². The lowest BCUT2D eigenvalue weighted by atomic mass is 10.1. The van der Waals surface area contributed by atoms with E-state index in [0.29, 0.717) is 11.5 Å². The van der Waals surface area contributed by atoms with Gasteiger partial charge in [-0.15, -0.1) is 12.4 Å². The van der Waals surface area contributed by atoms with Crippen LogP contribution in [0.1, 0.15) is 30.4 Å². The first-order chi connectivity index (χ1) is 6.38. The molecule has 1 rings (SSSR count). The predicted molar refractivity (Wildman–Crippen MR) is 52.9 cm³/mol. The highest BCUT2D eigenvalue weighted by molar-refractivity contribution is 5.85. The van der Waals surface area contributed by atoms with Crippen LogP contribution in [0.4, 0.5) is 13.2 Å². The molecule has 0 fully saturated rings. The van der Waals surface area contributed by atoms with Crippen LogP contribution in [-0.2, 0) is 0 Å². The number of hydrogen-bond donors (Lipinski definition) is 1. The SMILES string of the molecule is Cc1ccc([C@H](N)CCC(F)(F)F)o1.Cl. The number of halogens is 4. The van der Waals surface area contributed by atoms with Crippen LogP contribution in [-0.4, -0.2) is 6.18 Å². The molecule has 0 amide bonds. The minimum absolute atomic E-state index is 0. The molecular weight excluding hydrogens is 231 g/mol. The maximum Gasteiger partial charge on any atom is 0.389 e. The lowest BCUT2D eigenvalue weighted by molar-refractivity contribution is -0.136. The second-order valence-electron chi connectivity index (χ2n) is 3.21. The van der Waals surface area contributed by atoms with E-state index in [0.717, 1.165) is 0 Å². The van der Waals surface area contributed by atoms with Crippen molar-refractivity contribution in [1.82, 2.24) is 0 Å². The third-order valence-electron chi connectivity index (χ3n) is 1.87. The molecule has 1 atom stereocenters. The molecule has 1 aromatic rings. The Labute approximate surface area is 92.0 Å². The van der Waals surface area contributed by atoms with Crippen LogP contribution in [0.25, 0.3) is 0 Å². The van der Waals surface area contributed by atoms with E-state index in [1.54, 1.807) is 19.1 Å². The number of rotatable bonds is 3. The van der Waals surface area contributed by atoms with E-state index in [9.17, 15) is 13.2 Å². The van der Waals surface area contributed by atoms with Crippen molar-refractivity contribution < 1.29 is 17.6 Å². The molecule has 0 aliphatic carbocycles. The van der Waals surface area contributed by atoms with Gasteiger partial charge < -0.3 is 10.2 Å². The Kier molecular flexibility index (Phi) is 5.17. The van der Waals surface area contributed by atoms with Gasteiger partial charge in [0.25, 0.3) is 0 Å². The van der Waals surface area contributed by atoms with Crippen molar-refractivity contribution in [3.05, 3.63) is 23.7 Å². The predicted octanol–water partition coefficient (Wildman–Crippen LogP) is 3.35. The van der Waals surface area contributed by atoms with Gasteiger partial charge in [0.05, 0.1) is 6.04 Å². The highest BCUT2D eigenvalue weighted by atomic mass is 35.5. The molecule has 0 aromatic carbocycles. The molecule has 2 nitrogen and oxygen atoms in total. The second-order valence-corrected chi connectivity index (χ2v) is 3.21. The molecule has 88 valence electrons. The van der Waals surface area contributed by atoms with Crippen LogP contribution in [0.15, 0.2) is 16.5 Å². The van der Waals surface area contributed by atoms with E-state index in [2.05, 4.69) is 0 Å². The Hall–Kier alpha value is -0.680. The molecule has 0 spiro atoms. The molecule has 2 N–H and O–H groups in total. The first kappa shape index (κ1) is 14.3. The zero-order valence-corrected chi connectivity index (χ0v) is 8.99. The number of furan rings is 1. The average molecular weight is 244 g/mol. The van der Waals surface area contributed by atoms with E-state index in [-0.39, 0.29) is 18.8 Å². The monoisotopic (exact) mass is 243 g/mol. The lowest BCUT2D eigenvalue weighted by Crippen LogP contribution is -2.15. The summed E-state index contributed by atoms with van der Waals surface area (Å²) in [5, 5.41) is 0. The van der Waals surface area contributed by atoms with Crippen molar-refractivity contribution in [2.24, 2.45) is 5.73 Å². The molecule has 0 bridgehead atoms. The largest absolute Gasteiger partial charge is 0.465 e. The molecule has 0 radical (unpaired) electrons. The fourth-order valence-electron chi connectivity index (χ4n) is 1.11. The summed E-state index contributed by atoms with van der Waals surface area (Å²) < 4.78 is 40.7. The van der Waals surface area contributed by atoms with Crippen molar-refractivity contribution in [3.8, 4) is 0 Å². The minimum Gasteiger partial charge on any atom is -0.465 e. The summed E-state index contributed by atoms with van der Waals surface area (Å²) in [6.07, 6.45) is -5.18. The number of alkyl halides is 3. The van der Waals surface area contributed by atoms with E-state index < -0.39 is 18.6 Å². The third-order valence-corrected chi connectivity index (χ3v) is 1.87. The maximum atomic E-state index is 11.9. The van der Waals surface area contributed by atoms with Crippen molar-refractivity contribution >= 4 is 12.4 Å². The van der Waals surface area contributed by atoms with Crippen LogP contribution in [0.2, 0.25) is 0 Å². The van der Waals surface area contributed by atoms with Crippen LogP contribution >= 0.6 is 12.4 Å². The first-order valence-electron chi connectivity index (χ1n) is 4.27. The standard InChI is InChI=1S/C9H12F3NO.ClH/c1-6-2-3-8(14-6)7(13)4-5-9(10,11)12;/h2-3,7H,4-5,13H2,1H3;1H/t7-;/m1./s1. The highest BCUT2D eigenvalue weighted by Gasteiger charge is 2.28. The van der Waals surface area contributed by atoms with Gasteiger partial charge in [0, 0.05) is 6.42 Å². The molecular formula is C9H13ClF3NO. The molecule has 0 unspecified atom stereocenters. The Bertz CT molecular complexity index is 298. The van der Waals surface area contributed by atoms with Gasteiger partial charge in [-0.05, 0) is 25.5 Å². The van der Waals surface area contributed by atoms with Gasteiger partial charge in [-0.3, -0.25) is 0 Å². The smallest absolute Gasteiger partial charge is 0.389 e. The maximum absolute atomic E-state index is 11.9. The number of aryl methyl sites for hydroxylation is 1. The molecule has 0 saturated heterocycles. The molecule has 15 heavy (non-hydrogen) atoms. The van der Waals surface area contributed by atoms with Crippen molar-refractivity contribution in [2.75, 3.05) is 0 Å². The summed E-state index contributed by atoms with van der Waals surface area (Å²) in [4.78, 5) is 0. The zero-order valence-electron chi connectivity index (χ0n) is 8.17. The molecule has 6 heteroatoms. The average Bonchev–Trinajstić information content (AvgIpc) is 2.46. The second kappa shape index (κ2) is 5.42. The van der Waals surface area contributed by atoms with Gasteiger partial charge >= 0.3 is 6.18 Å². The fraction of sp³-hybridized carbons (Fsp3) is 0.556. The number of nitrogens with two attached hydrogens (primary N) is 1. The summed E-state index contributed by atoms with van der Waals surface area (Å²) in [6, 6.07) is 2.62. The van der Waals surface area contributed by atoms with E-state index >= 15 is 0 Å². The molecule has 0 aliphatic heterocycles. The van der Waals surface area contributed by atoms with Crippen molar-refractivity contribution in [1.29, 1.82) is 0 Å². The fourth-order valence-corrected chi connectivity index (χ4v) is 1.11. The van der Waals surface area contributed by atoms with Gasteiger partial charge in [-0.2, -0.15) is 13.2 Å².